The van der Waals surface area contributed by atoms with E-state index in [1.54, 1.807) is 30.3 Å². The quantitative estimate of drug-likeness (QED) is 0.246. The first-order valence-corrected chi connectivity index (χ1v) is 5.89. The summed E-state index contributed by atoms with van der Waals surface area (Å²) >= 11 is 0. The van der Waals surface area contributed by atoms with Gasteiger partial charge in [-0.15, -0.1) is 0 Å². The van der Waals surface area contributed by atoms with E-state index in [9.17, 15) is 13.2 Å². The van der Waals surface area contributed by atoms with Crippen LogP contribution in [0.2, 0.25) is 0 Å². The largest absolute Gasteiger partial charge is 1.00 e. The Kier molecular flexibility index (Phi) is 29.4. The molecule has 0 bridgehead atoms. The van der Waals surface area contributed by atoms with Crippen molar-refractivity contribution < 1.29 is 234 Å². The van der Waals surface area contributed by atoms with Gasteiger partial charge in [0.15, 0.2) is 6.17 Å². The Balaban J connectivity index is -0.000000227. The van der Waals surface area contributed by atoms with Crippen LogP contribution in [0.5, 0.6) is 0 Å². The predicted octanol–water partition coefficient (Wildman–Crippen LogP) is -12.7. The van der Waals surface area contributed by atoms with Gasteiger partial charge in [-0.05, 0) is 18.5 Å². The van der Waals surface area contributed by atoms with Gasteiger partial charge in [-0.1, -0.05) is 30.3 Å². The molecule has 1 heterocycles. The van der Waals surface area contributed by atoms with Gasteiger partial charge in [0.05, 0.1) is 0 Å². The van der Waals surface area contributed by atoms with Gasteiger partial charge in [0.25, 0.3) is 0 Å². The molecular weight excluding hydrogens is 430 g/mol. The molecule has 1 aromatic carbocycles. The molecule has 0 aromatic heterocycles. The zero-order valence-corrected chi connectivity index (χ0v) is 27.0. The molecule has 0 N–H and O–H groups in total. The first kappa shape index (κ1) is 36.8. The van der Waals surface area contributed by atoms with Crippen LogP contribution >= 0.6 is 0 Å². The van der Waals surface area contributed by atoms with E-state index >= 15 is 0 Å². The van der Waals surface area contributed by atoms with E-state index < -0.39 is 25.5 Å². The molecule has 0 spiro atoms. The van der Waals surface area contributed by atoms with Crippen molar-refractivity contribution in [2.75, 3.05) is 6.54 Å². The molecule has 24 heavy (non-hydrogen) atoms. The van der Waals surface area contributed by atoms with Crippen LogP contribution in [0.4, 0.5) is 13.2 Å². The smallest absolute Gasteiger partial charge is 0.907 e. The third kappa shape index (κ3) is 13.0. The normalized spacial score (nSPS) is 21.3. The maximum absolute atomic E-state index is 13.7. The molecule has 2 unspecified atom stereocenters. The zero-order chi connectivity index (χ0) is 15.3. The number of nitrogens with zero attached hydrogens (tertiary/aromatic N) is 1. The van der Waals surface area contributed by atoms with Crippen LogP contribution in [-0.4, -0.2) is 31.0 Å². The van der Waals surface area contributed by atoms with Crippen molar-refractivity contribution in [3.63, 3.8) is 0 Å². The van der Waals surface area contributed by atoms with Crippen LogP contribution in [0.1, 0.15) is 17.9 Å². The second-order valence-corrected chi connectivity index (χ2v) is 4.35. The van der Waals surface area contributed by atoms with E-state index in [1.807, 2.05) is 0 Å². The summed E-state index contributed by atoms with van der Waals surface area (Å²) in [6.07, 6.45) is -1.83. The molecule has 1 aromatic rings. The Bertz CT molecular complexity index is 421. The third-order valence-corrected chi connectivity index (χ3v) is 3.04. The molecule has 2 rings (SSSR count). The summed E-state index contributed by atoms with van der Waals surface area (Å²) in [4.78, 5) is 0.539. The van der Waals surface area contributed by atoms with Crippen molar-refractivity contribution in [3.8, 4) is 0 Å². The number of piperidine rings is 1. The fourth-order valence-corrected chi connectivity index (χ4v) is 2.04. The van der Waals surface area contributed by atoms with Crippen molar-refractivity contribution in [2.45, 2.75) is 24.6 Å². The summed E-state index contributed by atoms with van der Waals surface area (Å²) in [6, 6.07) is 5.15. The monoisotopic (exact) mass is 443 g/mol. The standard InChI is InChI=1S/C12H13F3N.BO3.4K/c1-16-8-7-10(11(13)12(16,14)15)9-5-3-2-4-6-9;2-1(3)4;;;;/h2-6,10-11H,1,7-8H2;;;;;/q-1;-3;4*+1. The van der Waals surface area contributed by atoms with Crippen molar-refractivity contribution >= 4 is 7.32 Å². The number of hydrogen-bond acceptors (Lipinski definition) is 4. The molecule has 0 radical (unpaired) electrons. The van der Waals surface area contributed by atoms with Gasteiger partial charge in [-0.25, -0.2) is 4.39 Å². The summed E-state index contributed by atoms with van der Waals surface area (Å²) in [5.41, 5.74) is 0.628. The van der Waals surface area contributed by atoms with Crippen LogP contribution in [0, 0.1) is 7.05 Å². The summed E-state index contributed by atoms with van der Waals surface area (Å²) in [5, 5.41) is 25.2. The second-order valence-electron chi connectivity index (χ2n) is 4.35. The summed E-state index contributed by atoms with van der Waals surface area (Å²) in [5.74, 6) is -0.741. The van der Waals surface area contributed by atoms with Gasteiger partial charge in [0, 0.05) is 5.92 Å². The van der Waals surface area contributed by atoms with E-state index in [2.05, 4.69) is 7.05 Å². The summed E-state index contributed by atoms with van der Waals surface area (Å²) in [6.45, 7) is 0.104. The van der Waals surface area contributed by atoms with Gasteiger partial charge in [0.2, 0.25) is 0 Å². The number of halogens is 3. The van der Waals surface area contributed by atoms with Crippen molar-refractivity contribution in [3.05, 3.63) is 42.9 Å². The summed E-state index contributed by atoms with van der Waals surface area (Å²) in [7, 11) is 0.255. The number of likely N-dealkylation sites (tertiary alicyclic amines) is 1. The number of benzene rings is 1. The third-order valence-electron chi connectivity index (χ3n) is 3.04. The fourth-order valence-electron chi connectivity index (χ4n) is 2.04. The van der Waals surface area contributed by atoms with Gasteiger partial charge < -0.3 is 20.0 Å². The van der Waals surface area contributed by atoms with Crippen LogP contribution in [0.25, 0.3) is 0 Å². The van der Waals surface area contributed by atoms with Gasteiger partial charge in [0.1, 0.15) is 0 Å². The van der Waals surface area contributed by atoms with Crippen molar-refractivity contribution in [2.24, 2.45) is 0 Å². The molecule has 0 aliphatic carbocycles. The number of alkyl halides is 3. The molecule has 0 amide bonds. The van der Waals surface area contributed by atoms with Crippen LogP contribution in [0.3, 0.4) is 0 Å². The molecule has 0 saturated carbocycles. The van der Waals surface area contributed by atoms with E-state index in [0.29, 0.717) is 16.9 Å². The Labute approximate surface area is 311 Å². The Hall–Kier alpha value is 5.46. The molecule has 12 heteroatoms. The van der Waals surface area contributed by atoms with Gasteiger partial charge in [-0.2, -0.15) is 8.78 Å². The first-order valence-electron chi connectivity index (χ1n) is 5.89. The molecule has 4 nitrogen and oxygen atoms in total. The average molecular weight is 443 g/mol. The Morgan fingerprint density at radius 1 is 1.04 bits per heavy atom. The molecule has 1 saturated heterocycles. The SMILES string of the molecule is [CH2-]N1CCC(c2ccccc2)C(F)C1(F)F.[K+].[K+].[K+].[K+].[O-]B([O-])[O-]. The van der Waals surface area contributed by atoms with Crippen LogP contribution < -0.4 is 221 Å². The summed E-state index contributed by atoms with van der Waals surface area (Å²) < 4.78 is 40.6. The minimum absolute atomic E-state index is 0. The van der Waals surface area contributed by atoms with E-state index in [0.717, 1.165) is 0 Å². The molecule has 1 aliphatic rings. The van der Waals surface area contributed by atoms with Crippen molar-refractivity contribution in [1.82, 2.24) is 4.90 Å². The van der Waals surface area contributed by atoms with Gasteiger partial charge in [-0.3, -0.25) is 14.4 Å². The number of hydrogen-bond donors (Lipinski definition) is 0. The fraction of sp³-hybridized carbons (Fsp3) is 0.417. The molecule has 2 atom stereocenters. The van der Waals surface area contributed by atoms with E-state index in [4.69, 9.17) is 15.1 Å². The Morgan fingerprint density at radius 3 is 1.88 bits per heavy atom. The first-order chi connectivity index (χ1) is 9.26. The number of rotatable bonds is 1. The average Bonchev–Trinajstić information content (AvgIpc) is 2.37. The minimum atomic E-state index is -3.47. The molecule has 1 fully saturated rings. The zero-order valence-electron chi connectivity index (χ0n) is 14.5. The van der Waals surface area contributed by atoms with Gasteiger partial charge >= 0.3 is 212 Å². The van der Waals surface area contributed by atoms with Crippen LogP contribution in [-0.2, 0) is 0 Å². The second kappa shape index (κ2) is 19.2. The van der Waals surface area contributed by atoms with E-state index in [-0.39, 0.29) is 212 Å². The van der Waals surface area contributed by atoms with E-state index in [1.165, 1.54) is 0 Å². The predicted molar refractivity (Wildman–Crippen MR) is 61.5 cm³/mol. The molecule has 1 aliphatic heterocycles. The Morgan fingerprint density at radius 2 is 1.46 bits per heavy atom. The maximum atomic E-state index is 13.7. The minimum Gasteiger partial charge on any atom is -0.907 e. The maximum Gasteiger partial charge on any atom is 1.00 e. The molecule has 112 valence electrons. The van der Waals surface area contributed by atoms with Crippen LogP contribution in [0.15, 0.2) is 30.3 Å². The topological polar surface area (TPSA) is 72.4 Å². The van der Waals surface area contributed by atoms with Crippen molar-refractivity contribution in [1.29, 1.82) is 0 Å². The molecular formula is C12H13BF3K4NO3.